The summed E-state index contributed by atoms with van der Waals surface area (Å²) in [7, 11) is 2.96. The van der Waals surface area contributed by atoms with Gasteiger partial charge in [-0.3, -0.25) is 4.79 Å². The molecular weight excluding hydrogens is 352 g/mol. The zero-order valence-corrected chi connectivity index (χ0v) is 14.6. The summed E-state index contributed by atoms with van der Waals surface area (Å²) in [6.07, 6.45) is 2.84. The minimum absolute atomic E-state index is 0.0478. The second-order valence-electron chi connectivity index (χ2n) is 5.05. The largest absolute Gasteiger partial charge is 0.481 e. The van der Waals surface area contributed by atoms with Crippen molar-refractivity contribution >= 4 is 12.1 Å². The van der Waals surface area contributed by atoms with E-state index in [-0.39, 0.29) is 11.8 Å². The van der Waals surface area contributed by atoms with Gasteiger partial charge in [-0.25, -0.2) is 5.43 Å². The summed E-state index contributed by atoms with van der Waals surface area (Å²) in [5.41, 5.74) is 2.97. The smallest absolute Gasteiger partial charge is 0.328 e. The molecule has 0 unspecified atom stereocenters. The highest BCUT2D eigenvalue weighted by Crippen LogP contribution is 2.25. The van der Waals surface area contributed by atoms with Gasteiger partial charge in [-0.2, -0.15) is 15.1 Å². The summed E-state index contributed by atoms with van der Waals surface area (Å²) in [5.74, 6) is 0.732. The number of hydrogen-bond donors (Lipinski definition) is 1. The van der Waals surface area contributed by atoms with Crippen molar-refractivity contribution in [2.75, 3.05) is 14.2 Å². The molecule has 1 N–H and O–H groups in total. The Morgan fingerprint density at radius 3 is 2.52 bits per heavy atom. The van der Waals surface area contributed by atoms with E-state index in [1.165, 1.54) is 38.8 Å². The maximum atomic E-state index is 11.8. The molecule has 0 aliphatic carbocycles. The van der Waals surface area contributed by atoms with Crippen molar-refractivity contribution in [2.24, 2.45) is 5.10 Å². The van der Waals surface area contributed by atoms with Gasteiger partial charge < -0.3 is 18.6 Å². The van der Waals surface area contributed by atoms with Crippen LogP contribution in [0.1, 0.15) is 16.1 Å². The number of nitrogens with one attached hydrogen (secondary N) is 1. The number of hydrazone groups is 1. The van der Waals surface area contributed by atoms with Gasteiger partial charge in [-0.05, 0) is 24.3 Å². The van der Waals surface area contributed by atoms with Crippen LogP contribution in [0.2, 0.25) is 0 Å². The number of ether oxygens (including phenoxy) is 3. The van der Waals surface area contributed by atoms with Crippen LogP contribution in [0.5, 0.6) is 23.5 Å². The van der Waals surface area contributed by atoms with E-state index < -0.39 is 5.91 Å². The van der Waals surface area contributed by atoms with Gasteiger partial charge in [-0.15, -0.1) is 0 Å². The molecular formula is C18H16N4O5. The molecule has 9 nitrogen and oxygen atoms in total. The van der Waals surface area contributed by atoms with Gasteiger partial charge in [0.1, 0.15) is 5.75 Å². The molecule has 3 aromatic rings. The van der Waals surface area contributed by atoms with E-state index in [0.29, 0.717) is 23.1 Å². The highest BCUT2D eigenvalue weighted by molar-refractivity contribution is 5.92. The minimum atomic E-state index is -0.462. The lowest BCUT2D eigenvalue weighted by atomic mass is 10.2. The number of furan rings is 1. The first kappa shape index (κ1) is 17.9. The number of hydrogen-bond acceptors (Lipinski definition) is 8. The Kier molecular flexibility index (Phi) is 5.63. The van der Waals surface area contributed by atoms with Gasteiger partial charge in [0.2, 0.25) is 11.8 Å². The van der Waals surface area contributed by atoms with Crippen LogP contribution in [-0.4, -0.2) is 36.3 Å². The van der Waals surface area contributed by atoms with Gasteiger partial charge >= 0.3 is 11.9 Å². The van der Waals surface area contributed by atoms with Crippen LogP contribution >= 0.6 is 0 Å². The lowest BCUT2D eigenvalue weighted by molar-refractivity contribution is 0.0927. The summed E-state index contributed by atoms with van der Waals surface area (Å²) in [6, 6.07) is 11.8. The summed E-state index contributed by atoms with van der Waals surface area (Å²) in [4.78, 5) is 20.0. The molecule has 0 bridgehead atoms. The number of methoxy groups -OCH3 is 2. The molecule has 0 fully saturated rings. The molecule has 0 saturated heterocycles. The summed E-state index contributed by atoms with van der Waals surface area (Å²) in [5, 5.41) is 3.91. The number of aromatic nitrogens is 2. The lowest BCUT2D eigenvalue weighted by Gasteiger charge is -2.09. The second-order valence-corrected chi connectivity index (χ2v) is 5.05. The first-order chi connectivity index (χ1) is 13.2. The number of amides is 1. The molecule has 0 spiro atoms. The van der Waals surface area contributed by atoms with Crippen molar-refractivity contribution in [3.8, 4) is 23.5 Å². The quantitative estimate of drug-likeness (QED) is 0.504. The van der Waals surface area contributed by atoms with Gasteiger partial charge in [0.05, 0.1) is 32.8 Å². The van der Waals surface area contributed by atoms with E-state index in [1.54, 1.807) is 30.3 Å². The molecule has 1 aromatic carbocycles. The number of rotatable bonds is 7. The molecule has 0 radical (unpaired) electrons. The highest BCUT2D eigenvalue weighted by Gasteiger charge is 2.10. The molecule has 138 valence electrons. The number of nitrogens with zero attached hydrogens (tertiary/aromatic N) is 3. The topological polar surface area (TPSA) is 108 Å². The minimum Gasteiger partial charge on any atom is -0.481 e. The Morgan fingerprint density at radius 1 is 1.11 bits per heavy atom. The zero-order chi connectivity index (χ0) is 19.1. The Balaban J connectivity index is 1.76. The Morgan fingerprint density at radius 2 is 1.85 bits per heavy atom. The molecule has 0 aliphatic heterocycles. The molecule has 27 heavy (non-hydrogen) atoms. The van der Waals surface area contributed by atoms with Crippen molar-refractivity contribution < 1.29 is 23.4 Å². The van der Waals surface area contributed by atoms with E-state index in [4.69, 9.17) is 18.6 Å². The first-order valence-corrected chi connectivity index (χ1v) is 7.80. The third-order valence-corrected chi connectivity index (χ3v) is 3.31. The van der Waals surface area contributed by atoms with Crippen LogP contribution in [0.3, 0.4) is 0 Å². The molecule has 2 aromatic heterocycles. The zero-order valence-electron chi connectivity index (χ0n) is 14.6. The van der Waals surface area contributed by atoms with Gasteiger partial charge in [0, 0.05) is 5.56 Å². The fourth-order valence-electron chi connectivity index (χ4n) is 2.04. The maximum absolute atomic E-state index is 11.8. The lowest BCUT2D eigenvalue weighted by Crippen LogP contribution is -2.16. The number of benzene rings is 1. The standard InChI is InChI=1S/C18H16N4O5/c1-24-15-10-16(25-2)21-18(20-15)27-13-7-4-3-6-12(13)11-19-22-17(23)14-8-5-9-26-14/h3-11H,1-2H3,(H,22,23)/b19-11+. The van der Waals surface area contributed by atoms with E-state index >= 15 is 0 Å². The molecule has 9 heteroatoms. The van der Waals surface area contributed by atoms with Gasteiger partial charge in [-0.1, -0.05) is 12.1 Å². The van der Waals surface area contributed by atoms with Crippen molar-refractivity contribution in [2.45, 2.75) is 0 Å². The van der Waals surface area contributed by atoms with Crippen LogP contribution in [0.4, 0.5) is 0 Å². The predicted molar refractivity (Wildman–Crippen MR) is 95.4 cm³/mol. The van der Waals surface area contributed by atoms with Gasteiger partial charge in [0.15, 0.2) is 5.76 Å². The summed E-state index contributed by atoms with van der Waals surface area (Å²) in [6.45, 7) is 0. The van der Waals surface area contributed by atoms with E-state index in [1.807, 2.05) is 0 Å². The van der Waals surface area contributed by atoms with Crippen LogP contribution in [0.15, 0.2) is 58.2 Å². The predicted octanol–water partition coefficient (Wildman–Crippen LogP) is 2.64. The Hall–Kier alpha value is -3.88. The molecule has 2 heterocycles. The summed E-state index contributed by atoms with van der Waals surface area (Å²) >= 11 is 0. The average molecular weight is 368 g/mol. The van der Waals surface area contributed by atoms with Crippen molar-refractivity contribution in [1.82, 2.24) is 15.4 Å². The van der Waals surface area contributed by atoms with Gasteiger partial charge in [0.25, 0.3) is 0 Å². The fraction of sp³-hybridized carbons (Fsp3) is 0.111. The van der Waals surface area contributed by atoms with E-state index in [9.17, 15) is 4.79 Å². The van der Waals surface area contributed by atoms with Crippen molar-refractivity contribution in [3.05, 3.63) is 60.1 Å². The Bertz CT molecular complexity index is 918. The first-order valence-electron chi connectivity index (χ1n) is 7.80. The van der Waals surface area contributed by atoms with Crippen LogP contribution in [0, 0.1) is 0 Å². The van der Waals surface area contributed by atoms with E-state index in [0.717, 1.165) is 0 Å². The molecule has 1 amide bonds. The van der Waals surface area contributed by atoms with Crippen LogP contribution < -0.4 is 19.6 Å². The van der Waals surface area contributed by atoms with Crippen LogP contribution in [0.25, 0.3) is 0 Å². The van der Waals surface area contributed by atoms with Crippen LogP contribution in [-0.2, 0) is 0 Å². The monoisotopic (exact) mass is 368 g/mol. The van der Waals surface area contributed by atoms with Crippen molar-refractivity contribution in [3.63, 3.8) is 0 Å². The SMILES string of the molecule is COc1cc(OC)nc(Oc2ccccc2/C=N/NC(=O)c2ccco2)n1. The van der Waals surface area contributed by atoms with E-state index in [2.05, 4.69) is 20.5 Å². The normalized spacial score (nSPS) is 10.6. The molecule has 0 aliphatic rings. The van der Waals surface area contributed by atoms with Crippen molar-refractivity contribution in [1.29, 1.82) is 0 Å². The number of para-hydroxylation sites is 1. The number of carbonyl (C=O) groups excluding carboxylic acids is 1. The maximum Gasteiger partial charge on any atom is 0.328 e. The molecule has 3 rings (SSSR count). The fourth-order valence-corrected chi connectivity index (χ4v) is 2.04. The summed E-state index contributed by atoms with van der Waals surface area (Å²) < 4.78 is 20.9. The highest BCUT2D eigenvalue weighted by atomic mass is 16.5. The third-order valence-electron chi connectivity index (χ3n) is 3.31. The Labute approximate surface area is 154 Å². The third kappa shape index (κ3) is 4.60. The second kappa shape index (κ2) is 8.48. The average Bonchev–Trinajstić information content (AvgIpc) is 3.24. The number of carbonyl (C=O) groups is 1. The molecule has 0 atom stereocenters. The molecule has 0 saturated carbocycles.